The van der Waals surface area contributed by atoms with E-state index in [1.807, 2.05) is 0 Å². The highest BCUT2D eigenvalue weighted by Crippen LogP contribution is 2.38. The van der Waals surface area contributed by atoms with Gasteiger partial charge < -0.3 is 16.6 Å². The Morgan fingerprint density at radius 1 is 0.413 bits per heavy atom. The van der Waals surface area contributed by atoms with Crippen molar-refractivity contribution in [2.75, 3.05) is 26.4 Å². The molecule has 0 atom stereocenters. The summed E-state index contributed by atoms with van der Waals surface area (Å²) >= 11 is -0.574. The number of ether oxygens (including phenoxy) is 2. The van der Waals surface area contributed by atoms with Gasteiger partial charge >= 0.3 is 15.7 Å². The fourth-order valence-corrected chi connectivity index (χ4v) is 10.4. The lowest BCUT2D eigenvalue weighted by Gasteiger charge is -2.22. The molecule has 10 nitrogen and oxygen atoms in total. The van der Waals surface area contributed by atoms with Crippen LogP contribution in [0.2, 0.25) is 0 Å². The molecule has 6 bridgehead atoms. The van der Waals surface area contributed by atoms with E-state index >= 15 is 0 Å². The van der Waals surface area contributed by atoms with Gasteiger partial charge in [-0.3, -0.25) is 0 Å². The highest BCUT2D eigenvalue weighted by Gasteiger charge is 2.30. The van der Waals surface area contributed by atoms with Crippen molar-refractivity contribution in [2.45, 2.75) is 25.7 Å². The highest BCUT2D eigenvalue weighted by molar-refractivity contribution is 6.37. The average molecular weight is 850 g/mol. The SMILES string of the molecule is C1CC[OH+]C1.C1CC[OH+]C1.C[n+]1ccc(C2=C3C=CC(=N3)C(c3cc[n+](C)cc3)=c3ccc4[n]3[Al][n]3c2ccc3C(c2cc[n+](C)cc2)=C2C=CC(=N2)C=4c2cc[n+](C)cc2)cc1. The van der Waals surface area contributed by atoms with Crippen molar-refractivity contribution < 1.29 is 27.7 Å². The number of aliphatic imine (C=N–C) groups is 2. The van der Waals surface area contributed by atoms with Crippen LogP contribution >= 0.6 is 0 Å². The second-order valence-electron chi connectivity index (χ2n) is 16.8. The molecule has 0 unspecified atom stereocenters. The molecule has 63 heavy (non-hydrogen) atoms. The second kappa shape index (κ2) is 17.8. The van der Waals surface area contributed by atoms with Crippen molar-refractivity contribution in [1.82, 2.24) is 7.10 Å². The lowest BCUT2D eigenvalue weighted by Crippen LogP contribution is -2.40. The lowest BCUT2D eigenvalue weighted by atomic mass is 10.0. The van der Waals surface area contributed by atoms with Crippen molar-refractivity contribution in [2.24, 2.45) is 38.2 Å². The van der Waals surface area contributed by atoms with E-state index in [4.69, 9.17) is 9.98 Å². The van der Waals surface area contributed by atoms with Crippen LogP contribution in [0.25, 0.3) is 22.3 Å². The number of hydrogen-bond donors (Lipinski definition) is 0. The first kappa shape index (κ1) is 40.7. The predicted octanol–water partition coefficient (Wildman–Crippen LogP) is 3.10. The van der Waals surface area contributed by atoms with E-state index in [1.165, 1.54) is 25.7 Å². The van der Waals surface area contributed by atoms with Gasteiger partial charge in [0.1, 0.15) is 54.6 Å². The minimum absolute atomic E-state index is 0.574. The lowest BCUT2D eigenvalue weighted by molar-refractivity contribution is -0.671. The highest BCUT2D eigenvalue weighted by atomic mass is 27.1. The minimum atomic E-state index is -0.574. The molecular formula is C52H54AlN8O2+6. The molecule has 311 valence electrons. The average Bonchev–Trinajstić information content (AvgIpc) is 4.17. The molecule has 0 aliphatic carbocycles. The first-order valence-electron chi connectivity index (χ1n) is 22.0. The first-order chi connectivity index (χ1) is 30.9. The Hall–Kier alpha value is -6.35. The number of allylic oxidation sites excluding steroid dienone is 4. The second-order valence-corrected chi connectivity index (χ2v) is 18.0. The summed E-state index contributed by atoms with van der Waals surface area (Å²) in [7, 11) is 8.24. The summed E-state index contributed by atoms with van der Waals surface area (Å²) in [4.78, 5) is 11.0. The maximum atomic E-state index is 5.48. The number of nitrogens with zero attached hydrogens (tertiary/aromatic N) is 8. The Morgan fingerprint density at radius 3 is 1.06 bits per heavy atom. The third-order valence-corrected chi connectivity index (χ3v) is 13.8. The molecule has 0 aromatic carbocycles. The Bertz CT molecular complexity index is 2810. The van der Waals surface area contributed by atoms with Gasteiger partial charge in [-0.15, -0.1) is 0 Å². The van der Waals surface area contributed by atoms with E-state index in [2.05, 4.69) is 210 Å². The largest absolute Gasteiger partial charge is 0.564 e. The monoisotopic (exact) mass is 849 g/mol. The fraction of sp³-hybridized carbons (Fsp3) is 0.231. The standard InChI is InChI=1S/C44H36N8.2C4H8O.Al/c1-49-21-13-29(14-22-49)41-33-5-7-35(45-33)42(30-15-23-50(2)24-16-30)37-9-11-39(47-37)44(32-19-27-52(4)28-20-32)40-12-10-38(48-40)43(36-8-6-34(41)46-36)31-17-25-51(3)26-18-31;2*1-2-4-5-3-1;/h5-28H,1-4H3;2*1-4H2;/q+2;;;+2/p+2. The van der Waals surface area contributed by atoms with Crippen molar-refractivity contribution in [3.63, 3.8) is 0 Å². The van der Waals surface area contributed by atoms with Crippen LogP contribution in [0.15, 0.2) is 168 Å². The Balaban J connectivity index is 0.000000417. The number of aromatic nitrogens is 6. The number of aryl methyl sites for hydroxylation is 4. The van der Waals surface area contributed by atoms with Crippen molar-refractivity contribution in [3.05, 3.63) is 202 Å². The molecule has 0 spiro atoms. The quantitative estimate of drug-likeness (QED) is 0.149. The molecule has 12 rings (SSSR count). The Morgan fingerprint density at radius 2 is 0.746 bits per heavy atom. The van der Waals surface area contributed by atoms with Crippen LogP contribution < -0.4 is 29.0 Å². The summed E-state index contributed by atoms with van der Waals surface area (Å²) in [6.07, 6.45) is 31.0. The molecule has 2 fully saturated rings. The summed E-state index contributed by atoms with van der Waals surface area (Å²) < 4.78 is 21.6. The molecule has 6 aromatic rings. The third-order valence-electron chi connectivity index (χ3n) is 12.2. The number of rotatable bonds is 4. The van der Waals surface area contributed by atoms with Gasteiger partial charge in [0.25, 0.3) is 0 Å². The first-order valence-corrected chi connectivity index (χ1v) is 23.1. The van der Waals surface area contributed by atoms with E-state index in [0.29, 0.717) is 0 Å². The van der Waals surface area contributed by atoms with Gasteiger partial charge in [0.2, 0.25) is 0 Å². The molecule has 6 aliphatic heterocycles. The van der Waals surface area contributed by atoms with Crippen LogP contribution in [0, 0.1) is 0 Å². The van der Waals surface area contributed by atoms with Crippen LogP contribution in [-0.4, -0.2) is 70.1 Å². The van der Waals surface area contributed by atoms with Crippen LogP contribution in [0.3, 0.4) is 0 Å². The molecule has 12 heterocycles. The van der Waals surface area contributed by atoms with Gasteiger partial charge in [0, 0.05) is 119 Å². The van der Waals surface area contributed by atoms with Crippen LogP contribution in [0.1, 0.15) is 59.3 Å². The maximum Gasteiger partial charge on any atom is 0.564 e. The van der Waals surface area contributed by atoms with Gasteiger partial charge in [0.05, 0.1) is 22.8 Å². The van der Waals surface area contributed by atoms with E-state index in [-0.39, 0.29) is 0 Å². The number of aliphatic hydroxyl groups is 4. The summed E-state index contributed by atoms with van der Waals surface area (Å²) in [5.41, 5.74) is 15.0. The maximum absolute atomic E-state index is 5.48. The summed E-state index contributed by atoms with van der Waals surface area (Å²) in [5.74, 6) is 0. The van der Waals surface area contributed by atoms with Crippen molar-refractivity contribution in [3.8, 4) is 0 Å². The van der Waals surface area contributed by atoms with E-state index < -0.39 is 15.7 Å². The van der Waals surface area contributed by atoms with E-state index in [0.717, 1.165) is 116 Å². The van der Waals surface area contributed by atoms with Crippen LogP contribution in [-0.2, 0) is 28.2 Å². The van der Waals surface area contributed by atoms with Gasteiger partial charge in [0.15, 0.2) is 49.6 Å². The molecule has 0 saturated carbocycles. The third kappa shape index (κ3) is 8.21. The fourth-order valence-electron chi connectivity index (χ4n) is 8.85. The zero-order valence-electron chi connectivity index (χ0n) is 36.6. The van der Waals surface area contributed by atoms with Gasteiger partial charge in [-0.2, -0.15) is 0 Å². The molecule has 2 saturated heterocycles. The zero-order valence-corrected chi connectivity index (χ0v) is 37.7. The molecule has 11 heteroatoms. The van der Waals surface area contributed by atoms with E-state index in [1.54, 1.807) is 0 Å². The number of pyridine rings is 4. The Kier molecular flexibility index (Phi) is 11.5. The topological polar surface area (TPSA) is 75.7 Å². The summed E-state index contributed by atoms with van der Waals surface area (Å²) in [6, 6.07) is 26.8. The van der Waals surface area contributed by atoms with Gasteiger partial charge in [-0.25, -0.2) is 28.3 Å². The van der Waals surface area contributed by atoms with Gasteiger partial charge in [-0.05, 0) is 70.8 Å². The minimum Gasteiger partial charge on any atom is -0.434 e. The van der Waals surface area contributed by atoms with Crippen LogP contribution in [0.5, 0.6) is 0 Å². The normalized spacial score (nSPS) is 16.9. The van der Waals surface area contributed by atoms with Crippen molar-refractivity contribution >= 4 is 49.4 Å². The molecule has 1 radical (unpaired) electrons. The molecule has 6 aromatic heterocycles. The molecular weight excluding hydrogens is 796 g/mol. The number of fused-ring (bicyclic) bond motifs is 2. The molecule has 2 N–H and O–H groups in total. The zero-order chi connectivity index (χ0) is 42.9. The number of hydrogen-bond acceptors (Lipinski definition) is 2. The van der Waals surface area contributed by atoms with Gasteiger partial charge in [-0.1, -0.05) is 0 Å². The smallest absolute Gasteiger partial charge is 0.434 e. The molecule has 6 aliphatic rings. The van der Waals surface area contributed by atoms with E-state index in [9.17, 15) is 0 Å². The summed E-state index contributed by atoms with van der Waals surface area (Å²) in [6.45, 7) is 4.50. The summed E-state index contributed by atoms with van der Waals surface area (Å²) in [5, 5.41) is 2.27. The van der Waals surface area contributed by atoms with Crippen LogP contribution in [0.4, 0.5) is 0 Å². The van der Waals surface area contributed by atoms with Crippen molar-refractivity contribution in [1.29, 1.82) is 0 Å². The predicted molar refractivity (Wildman–Crippen MR) is 248 cm³/mol. The molecule has 0 amide bonds. The Labute approximate surface area is 375 Å².